The molecule has 3 heterocycles. The maximum absolute atomic E-state index is 6.40. The van der Waals surface area contributed by atoms with E-state index < -0.39 is 0 Å². The van der Waals surface area contributed by atoms with Crippen LogP contribution >= 0.6 is 0 Å². The third kappa shape index (κ3) is 2.34. The normalized spacial score (nSPS) is 41.4. The molecule has 1 N–H and O–H groups in total. The molecule has 3 saturated heterocycles. The third-order valence-electron chi connectivity index (χ3n) is 6.07. The van der Waals surface area contributed by atoms with Crippen molar-refractivity contribution in [2.75, 3.05) is 19.6 Å². The molecule has 3 aliphatic heterocycles. The van der Waals surface area contributed by atoms with Gasteiger partial charge in [-0.1, -0.05) is 12.8 Å². The number of hydrogen-bond donors (Lipinski definition) is 1. The van der Waals surface area contributed by atoms with Gasteiger partial charge in [-0.25, -0.2) is 0 Å². The summed E-state index contributed by atoms with van der Waals surface area (Å²) in [5, 5.41) is 3.83. The van der Waals surface area contributed by atoms with Crippen LogP contribution < -0.4 is 5.32 Å². The van der Waals surface area contributed by atoms with Gasteiger partial charge in [-0.15, -0.1) is 0 Å². The van der Waals surface area contributed by atoms with Crippen molar-refractivity contribution in [2.24, 2.45) is 0 Å². The van der Waals surface area contributed by atoms with E-state index in [-0.39, 0.29) is 0 Å². The second-order valence-corrected chi connectivity index (χ2v) is 7.22. The highest BCUT2D eigenvalue weighted by molar-refractivity contribution is 4.97. The van der Waals surface area contributed by atoms with Crippen molar-refractivity contribution in [3.8, 4) is 0 Å². The van der Waals surface area contributed by atoms with Crippen molar-refractivity contribution in [1.82, 2.24) is 10.2 Å². The molecular weight excluding hydrogens is 236 g/mol. The zero-order valence-electron chi connectivity index (χ0n) is 12.1. The molecule has 3 unspecified atom stereocenters. The molecule has 19 heavy (non-hydrogen) atoms. The van der Waals surface area contributed by atoms with E-state index in [0.717, 1.165) is 18.6 Å². The lowest BCUT2D eigenvalue weighted by Crippen LogP contribution is -2.42. The van der Waals surface area contributed by atoms with Crippen LogP contribution in [0, 0.1) is 0 Å². The Balaban J connectivity index is 1.27. The molecule has 3 atom stereocenters. The SMILES string of the molecule is C1CC2C(NCC3CCC4(CCCC4)O3)CCN2C1. The Morgan fingerprint density at radius 3 is 2.79 bits per heavy atom. The zero-order valence-corrected chi connectivity index (χ0v) is 12.1. The van der Waals surface area contributed by atoms with Gasteiger partial charge in [0.15, 0.2) is 0 Å². The van der Waals surface area contributed by atoms with E-state index in [1.54, 1.807) is 0 Å². The molecule has 1 aliphatic carbocycles. The van der Waals surface area contributed by atoms with Crippen molar-refractivity contribution in [3.05, 3.63) is 0 Å². The lowest BCUT2D eigenvalue weighted by atomic mass is 9.98. The van der Waals surface area contributed by atoms with Gasteiger partial charge in [-0.05, 0) is 51.5 Å². The summed E-state index contributed by atoms with van der Waals surface area (Å²) in [6, 6.07) is 1.58. The van der Waals surface area contributed by atoms with Crippen molar-refractivity contribution < 1.29 is 4.74 Å². The van der Waals surface area contributed by atoms with Gasteiger partial charge in [0, 0.05) is 25.2 Å². The number of nitrogens with one attached hydrogen (secondary N) is 1. The van der Waals surface area contributed by atoms with Crippen LogP contribution in [-0.2, 0) is 4.74 Å². The van der Waals surface area contributed by atoms with Gasteiger partial charge in [0.05, 0.1) is 11.7 Å². The van der Waals surface area contributed by atoms with E-state index in [9.17, 15) is 0 Å². The average Bonchev–Trinajstić information content (AvgIpc) is 3.15. The number of rotatable bonds is 3. The van der Waals surface area contributed by atoms with Crippen LogP contribution in [0.5, 0.6) is 0 Å². The molecule has 108 valence electrons. The number of nitrogens with zero attached hydrogens (tertiary/aromatic N) is 1. The molecule has 1 saturated carbocycles. The fraction of sp³-hybridized carbons (Fsp3) is 1.00. The van der Waals surface area contributed by atoms with Crippen LogP contribution in [0.2, 0.25) is 0 Å². The Morgan fingerprint density at radius 1 is 1.00 bits per heavy atom. The molecule has 0 amide bonds. The minimum Gasteiger partial charge on any atom is -0.370 e. The molecule has 1 spiro atoms. The monoisotopic (exact) mass is 264 g/mol. The molecule has 4 fully saturated rings. The zero-order chi connectivity index (χ0) is 12.7. The van der Waals surface area contributed by atoms with Crippen molar-refractivity contribution in [2.45, 2.75) is 81.6 Å². The first-order valence-corrected chi connectivity index (χ1v) is 8.50. The van der Waals surface area contributed by atoms with E-state index in [1.165, 1.54) is 70.9 Å². The molecule has 0 bridgehead atoms. The fourth-order valence-corrected chi connectivity index (χ4v) is 5.03. The predicted molar refractivity (Wildman–Crippen MR) is 76.3 cm³/mol. The van der Waals surface area contributed by atoms with Crippen LogP contribution in [0.4, 0.5) is 0 Å². The van der Waals surface area contributed by atoms with Crippen molar-refractivity contribution in [3.63, 3.8) is 0 Å². The Morgan fingerprint density at radius 2 is 1.89 bits per heavy atom. The molecule has 3 heteroatoms. The average molecular weight is 264 g/mol. The Kier molecular flexibility index (Phi) is 3.33. The summed E-state index contributed by atoms with van der Waals surface area (Å²) in [6.45, 7) is 3.75. The Hall–Kier alpha value is -0.120. The van der Waals surface area contributed by atoms with Gasteiger partial charge in [-0.2, -0.15) is 0 Å². The standard InChI is InChI=1S/C16H28N2O/c1-2-8-16(7-1)9-5-13(19-16)12-17-14-6-11-18-10-3-4-15(14)18/h13-15,17H,1-12H2. The van der Waals surface area contributed by atoms with Gasteiger partial charge in [0.2, 0.25) is 0 Å². The molecule has 0 aromatic heterocycles. The van der Waals surface area contributed by atoms with Crippen LogP contribution in [-0.4, -0.2) is 48.3 Å². The Labute approximate surface area is 117 Å². The summed E-state index contributed by atoms with van der Waals surface area (Å²) in [4.78, 5) is 2.69. The second-order valence-electron chi connectivity index (χ2n) is 7.22. The summed E-state index contributed by atoms with van der Waals surface area (Å²) in [6.07, 6.45) is 12.7. The summed E-state index contributed by atoms with van der Waals surface area (Å²) in [5.74, 6) is 0. The first kappa shape index (κ1) is 12.6. The topological polar surface area (TPSA) is 24.5 Å². The minimum atomic E-state index is 0.307. The number of fused-ring (bicyclic) bond motifs is 1. The highest BCUT2D eigenvalue weighted by Crippen LogP contribution is 2.43. The smallest absolute Gasteiger partial charge is 0.0708 e. The predicted octanol–water partition coefficient (Wildman–Crippen LogP) is 2.30. The highest BCUT2D eigenvalue weighted by atomic mass is 16.5. The van der Waals surface area contributed by atoms with Crippen molar-refractivity contribution in [1.29, 1.82) is 0 Å². The van der Waals surface area contributed by atoms with E-state index >= 15 is 0 Å². The van der Waals surface area contributed by atoms with E-state index in [4.69, 9.17) is 4.74 Å². The van der Waals surface area contributed by atoms with Gasteiger partial charge < -0.3 is 10.1 Å². The van der Waals surface area contributed by atoms with Gasteiger partial charge in [0.1, 0.15) is 0 Å². The van der Waals surface area contributed by atoms with Gasteiger partial charge in [0.25, 0.3) is 0 Å². The van der Waals surface area contributed by atoms with Crippen LogP contribution in [0.3, 0.4) is 0 Å². The lowest BCUT2D eigenvalue weighted by Gasteiger charge is -2.26. The second kappa shape index (κ2) is 5.01. The van der Waals surface area contributed by atoms with Gasteiger partial charge >= 0.3 is 0 Å². The summed E-state index contributed by atoms with van der Waals surface area (Å²) >= 11 is 0. The fourth-order valence-electron chi connectivity index (χ4n) is 5.03. The van der Waals surface area contributed by atoms with E-state index in [2.05, 4.69) is 10.2 Å². The van der Waals surface area contributed by atoms with E-state index in [1.807, 2.05) is 0 Å². The van der Waals surface area contributed by atoms with E-state index in [0.29, 0.717) is 11.7 Å². The summed E-state index contributed by atoms with van der Waals surface area (Å²) in [7, 11) is 0. The number of ether oxygens (including phenoxy) is 1. The van der Waals surface area contributed by atoms with Crippen LogP contribution in [0.1, 0.15) is 57.8 Å². The first-order chi connectivity index (χ1) is 9.35. The number of hydrogen-bond acceptors (Lipinski definition) is 3. The van der Waals surface area contributed by atoms with Crippen LogP contribution in [0.15, 0.2) is 0 Å². The summed E-state index contributed by atoms with van der Waals surface area (Å²) < 4.78 is 6.40. The molecule has 0 radical (unpaired) electrons. The largest absolute Gasteiger partial charge is 0.370 e. The maximum atomic E-state index is 6.40. The Bertz CT molecular complexity index is 327. The maximum Gasteiger partial charge on any atom is 0.0708 e. The molecular formula is C16H28N2O. The van der Waals surface area contributed by atoms with Crippen LogP contribution in [0.25, 0.3) is 0 Å². The summed E-state index contributed by atoms with van der Waals surface area (Å²) in [5.41, 5.74) is 0.307. The molecule has 0 aromatic rings. The highest BCUT2D eigenvalue weighted by Gasteiger charge is 2.43. The molecule has 4 rings (SSSR count). The van der Waals surface area contributed by atoms with Gasteiger partial charge in [-0.3, -0.25) is 4.90 Å². The first-order valence-electron chi connectivity index (χ1n) is 8.50. The quantitative estimate of drug-likeness (QED) is 0.846. The minimum absolute atomic E-state index is 0.307. The third-order valence-corrected chi connectivity index (χ3v) is 6.07. The molecule has 3 nitrogen and oxygen atoms in total. The molecule has 4 aliphatic rings. The lowest BCUT2D eigenvalue weighted by molar-refractivity contribution is -0.0360. The van der Waals surface area contributed by atoms with Crippen molar-refractivity contribution >= 4 is 0 Å². The molecule has 0 aromatic carbocycles.